The van der Waals surface area contributed by atoms with Crippen LogP contribution in [0.3, 0.4) is 0 Å². The summed E-state index contributed by atoms with van der Waals surface area (Å²) in [5.41, 5.74) is 3.89. The number of nitrogens with zero attached hydrogens (tertiary/aromatic N) is 2. The average Bonchev–Trinajstić information content (AvgIpc) is 2.98. The van der Waals surface area contributed by atoms with Crippen LogP contribution in [-0.2, 0) is 7.05 Å². The summed E-state index contributed by atoms with van der Waals surface area (Å²) in [6.07, 6.45) is 2.10. The van der Waals surface area contributed by atoms with Gasteiger partial charge in [0.15, 0.2) is 0 Å². The second kappa shape index (κ2) is 6.05. The molecule has 0 saturated heterocycles. The fraction of sp³-hybridized carbons (Fsp3) is 0.286. The van der Waals surface area contributed by atoms with Crippen molar-refractivity contribution < 1.29 is 9.90 Å². The first-order valence-electron chi connectivity index (χ1n) is 8.72. The van der Waals surface area contributed by atoms with E-state index in [1.54, 1.807) is 0 Å². The largest absolute Gasteiger partial charge is 0.396 e. The van der Waals surface area contributed by atoms with E-state index < -0.39 is 0 Å². The SMILES string of the molecule is CCN1C(=O)c2ccccc2[C@@H](CO)[C@@H]1c1cn(C)c2ccccc12. The Bertz CT molecular complexity index is 944. The topological polar surface area (TPSA) is 45.5 Å². The summed E-state index contributed by atoms with van der Waals surface area (Å²) < 4.78 is 2.10. The van der Waals surface area contributed by atoms with Crippen molar-refractivity contribution in [2.45, 2.75) is 18.9 Å². The van der Waals surface area contributed by atoms with Gasteiger partial charge in [-0.25, -0.2) is 0 Å². The molecule has 25 heavy (non-hydrogen) atoms. The number of benzene rings is 2. The molecule has 0 radical (unpaired) electrons. The zero-order chi connectivity index (χ0) is 17.6. The summed E-state index contributed by atoms with van der Waals surface area (Å²) in [5, 5.41) is 11.3. The highest BCUT2D eigenvalue weighted by atomic mass is 16.3. The Morgan fingerprint density at radius 1 is 1.04 bits per heavy atom. The van der Waals surface area contributed by atoms with Crippen LogP contribution in [0.4, 0.5) is 0 Å². The van der Waals surface area contributed by atoms with E-state index in [0.717, 1.165) is 22.0 Å². The molecule has 0 saturated carbocycles. The predicted molar refractivity (Wildman–Crippen MR) is 98.6 cm³/mol. The van der Waals surface area contributed by atoms with Gasteiger partial charge in [-0.15, -0.1) is 0 Å². The van der Waals surface area contributed by atoms with E-state index in [9.17, 15) is 9.90 Å². The van der Waals surface area contributed by atoms with Crippen molar-refractivity contribution in [3.05, 3.63) is 71.4 Å². The van der Waals surface area contributed by atoms with Gasteiger partial charge in [0, 0.05) is 47.7 Å². The van der Waals surface area contributed by atoms with Gasteiger partial charge in [-0.05, 0) is 24.6 Å². The molecule has 1 aliphatic heterocycles. The number of aliphatic hydroxyl groups excluding tert-OH is 1. The highest BCUT2D eigenvalue weighted by Gasteiger charge is 2.40. The van der Waals surface area contributed by atoms with Gasteiger partial charge in [0.05, 0.1) is 12.6 Å². The Labute approximate surface area is 147 Å². The van der Waals surface area contributed by atoms with E-state index >= 15 is 0 Å². The number of rotatable bonds is 3. The smallest absolute Gasteiger partial charge is 0.254 e. The summed E-state index contributed by atoms with van der Waals surface area (Å²) in [5.74, 6) is -0.0830. The summed E-state index contributed by atoms with van der Waals surface area (Å²) in [4.78, 5) is 15.0. The van der Waals surface area contributed by atoms with Crippen molar-refractivity contribution in [1.82, 2.24) is 9.47 Å². The minimum absolute atomic E-state index is 0.00861. The molecule has 2 aromatic carbocycles. The Hall–Kier alpha value is -2.59. The number of hydrogen-bond donors (Lipinski definition) is 1. The van der Waals surface area contributed by atoms with Crippen LogP contribution >= 0.6 is 0 Å². The second-order valence-corrected chi connectivity index (χ2v) is 6.62. The zero-order valence-electron chi connectivity index (χ0n) is 14.5. The third-order valence-electron chi connectivity index (χ3n) is 5.35. The van der Waals surface area contributed by atoms with Crippen LogP contribution in [0.1, 0.15) is 40.4 Å². The Kier molecular flexibility index (Phi) is 3.85. The summed E-state index contributed by atoms with van der Waals surface area (Å²) in [6, 6.07) is 15.7. The number of aromatic nitrogens is 1. The molecule has 0 unspecified atom stereocenters. The summed E-state index contributed by atoms with van der Waals surface area (Å²) >= 11 is 0. The van der Waals surface area contributed by atoms with Crippen LogP contribution in [0, 0.1) is 0 Å². The van der Waals surface area contributed by atoms with Crippen molar-refractivity contribution in [2.24, 2.45) is 7.05 Å². The molecule has 1 amide bonds. The molecule has 4 heteroatoms. The van der Waals surface area contributed by atoms with Crippen LogP contribution in [0.25, 0.3) is 10.9 Å². The third kappa shape index (κ3) is 2.29. The molecule has 4 rings (SSSR count). The van der Waals surface area contributed by atoms with E-state index in [4.69, 9.17) is 0 Å². The van der Waals surface area contributed by atoms with Gasteiger partial charge < -0.3 is 14.6 Å². The molecule has 2 atom stereocenters. The lowest BCUT2D eigenvalue weighted by Crippen LogP contribution is -2.43. The van der Waals surface area contributed by atoms with Crippen molar-refractivity contribution in [1.29, 1.82) is 0 Å². The first-order chi connectivity index (χ1) is 12.2. The molecule has 1 aromatic heterocycles. The lowest BCUT2D eigenvalue weighted by atomic mass is 9.80. The van der Waals surface area contributed by atoms with Gasteiger partial charge >= 0.3 is 0 Å². The maximum Gasteiger partial charge on any atom is 0.254 e. The van der Waals surface area contributed by atoms with Gasteiger partial charge in [-0.1, -0.05) is 36.4 Å². The highest BCUT2D eigenvalue weighted by molar-refractivity contribution is 5.98. The highest BCUT2D eigenvalue weighted by Crippen LogP contribution is 2.44. The number of carbonyl (C=O) groups is 1. The van der Waals surface area contributed by atoms with Crippen LogP contribution < -0.4 is 0 Å². The Morgan fingerprint density at radius 2 is 1.76 bits per heavy atom. The van der Waals surface area contributed by atoms with Gasteiger partial charge in [-0.3, -0.25) is 4.79 Å². The number of aryl methyl sites for hydroxylation is 1. The molecule has 3 aromatic rings. The number of fused-ring (bicyclic) bond motifs is 2. The number of hydrogen-bond acceptors (Lipinski definition) is 2. The number of likely N-dealkylation sites (N-methyl/N-ethyl adjacent to an activating group) is 1. The van der Waals surface area contributed by atoms with E-state index in [1.807, 2.05) is 55.3 Å². The second-order valence-electron chi connectivity index (χ2n) is 6.62. The van der Waals surface area contributed by atoms with E-state index in [2.05, 4.69) is 22.9 Å². The lowest BCUT2D eigenvalue weighted by molar-refractivity contribution is 0.0580. The zero-order valence-corrected chi connectivity index (χ0v) is 14.5. The molecular formula is C21H22N2O2. The first-order valence-corrected chi connectivity index (χ1v) is 8.72. The van der Waals surface area contributed by atoms with Crippen LogP contribution in [0.15, 0.2) is 54.7 Å². The molecule has 0 spiro atoms. The Balaban J connectivity index is 1.96. The number of para-hydroxylation sites is 1. The van der Waals surface area contributed by atoms with Crippen LogP contribution in [0.2, 0.25) is 0 Å². The minimum atomic E-state index is -0.163. The predicted octanol–water partition coefficient (Wildman–Crippen LogP) is 3.47. The van der Waals surface area contributed by atoms with Crippen molar-refractivity contribution in [3.8, 4) is 0 Å². The van der Waals surface area contributed by atoms with Gasteiger partial charge in [0.2, 0.25) is 0 Å². The van der Waals surface area contributed by atoms with E-state index in [1.165, 1.54) is 0 Å². The Morgan fingerprint density at radius 3 is 2.52 bits per heavy atom. The van der Waals surface area contributed by atoms with E-state index in [-0.39, 0.29) is 24.5 Å². The lowest BCUT2D eigenvalue weighted by Gasteiger charge is -2.41. The van der Waals surface area contributed by atoms with Gasteiger partial charge in [-0.2, -0.15) is 0 Å². The molecule has 2 heterocycles. The monoisotopic (exact) mass is 334 g/mol. The van der Waals surface area contributed by atoms with Crippen LogP contribution in [0.5, 0.6) is 0 Å². The third-order valence-corrected chi connectivity index (χ3v) is 5.35. The number of amides is 1. The minimum Gasteiger partial charge on any atom is -0.396 e. The molecule has 0 aliphatic carbocycles. The quantitative estimate of drug-likeness (QED) is 0.797. The molecule has 0 bridgehead atoms. The average molecular weight is 334 g/mol. The van der Waals surface area contributed by atoms with Gasteiger partial charge in [0.25, 0.3) is 5.91 Å². The van der Waals surface area contributed by atoms with Gasteiger partial charge in [0.1, 0.15) is 0 Å². The normalized spacial score (nSPS) is 20.1. The fourth-order valence-electron chi connectivity index (χ4n) is 4.22. The number of carbonyl (C=O) groups excluding carboxylic acids is 1. The van der Waals surface area contributed by atoms with Crippen molar-refractivity contribution >= 4 is 16.8 Å². The maximum atomic E-state index is 13.1. The molecule has 128 valence electrons. The molecule has 0 fully saturated rings. The van der Waals surface area contributed by atoms with Crippen molar-refractivity contribution in [3.63, 3.8) is 0 Å². The van der Waals surface area contributed by atoms with Crippen molar-refractivity contribution in [2.75, 3.05) is 13.2 Å². The van der Waals surface area contributed by atoms with E-state index in [0.29, 0.717) is 12.1 Å². The maximum absolute atomic E-state index is 13.1. The number of aliphatic hydroxyl groups is 1. The molecule has 1 N–H and O–H groups in total. The first kappa shape index (κ1) is 15.9. The molecule has 4 nitrogen and oxygen atoms in total. The summed E-state index contributed by atoms with van der Waals surface area (Å²) in [7, 11) is 2.02. The molecular weight excluding hydrogens is 312 g/mol. The van der Waals surface area contributed by atoms with Crippen LogP contribution in [-0.4, -0.2) is 33.6 Å². The standard InChI is InChI=1S/C21H22N2O2/c1-3-23-20(17-12-22(2)19-11-7-6-9-15(17)19)18(13-24)14-8-4-5-10-16(14)21(23)25/h4-12,18,20,24H,3,13H2,1-2H3/t18-,20+/m1/s1. The molecule has 1 aliphatic rings. The fourth-order valence-corrected chi connectivity index (χ4v) is 4.22. The summed E-state index contributed by atoms with van der Waals surface area (Å²) in [6.45, 7) is 2.62.